The zero-order valence-electron chi connectivity index (χ0n) is 13.1. The molecule has 0 spiro atoms. The molecule has 3 heterocycles. The molecule has 2 aromatic heterocycles. The number of hydrogen-bond acceptors (Lipinski definition) is 7. The van der Waals surface area contributed by atoms with Crippen molar-refractivity contribution < 1.29 is 4.74 Å². The highest BCUT2D eigenvalue weighted by atomic mass is 16.5. The van der Waals surface area contributed by atoms with Crippen LogP contribution in [-0.2, 0) is 0 Å². The molecule has 24 heavy (non-hydrogen) atoms. The van der Waals surface area contributed by atoms with Gasteiger partial charge in [0.15, 0.2) is 0 Å². The lowest BCUT2D eigenvalue weighted by Crippen LogP contribution is -2.29. The average Bonchev–Trinajstić information content (AvgIpc) is 3.06. The van der Waals surface area contributed by atoms with Crippen molar-refractivity contribution in [2.24, 2.45) is 0 Å². The van der Waals surface area contributed by atoms with Gasteiger partial charge in [0.2, 0.25) is 5.95 Å². The summed E-state index contributed by atoms with van der Waals surface area (Å²) in [5.74, 6) is 1.20. The Kier molecular flexibility index (Phi) is 3.26. The molecule has 0 aliphatic carbocycles. The van der Waals surface area contributed by atoms with E-state index in [0.717, 1.165) is 16.9 Å². The minimum atomic E-state index is -0.336. The summed E-state index contributed by atoms with van der Waals surface area (Å²) >= 11 is 0. The van der Waals surface area contributed by atoms with Crippen molar-refractivity contribution in [3.05, 3.63) is 51.4 Å². The number of aromatic amines is 1. The second-order valence-corrected chi connectivity index (χ2v) is 5.40. The molecule has 122 valence electrons. The van der Waals surface area contributed by atoms with Gasteiger partial charge in [0, 0.05) is 5.56 Å². The SMILES string of the molecule is CCOc1ccc([C@@H]2c3c(C)n[nH]c(=O)c3Nc3nnnn32)cc1. The van der Waals surface area contributed by atoms with Crippen LogP contribution in [0.1, 0.15) is 29.8 Å². The van der Waals surface area contributed by atoms with Crippen LogP contribution in [0.2, 0.25) is 0 Å². The number of nitrogens with zero attached hydrogens (tertiary/aromatic N) is 5. The second kappa shape index (κ2) is 5.44. The van der Waals surface area contributed by atoms with Crippen molar-refractivity contribution in [1.82, 2.24) is 30.4 Å². The Balaban J connectivity index is 1.90. The number of tetrazole rings is 1. The molecular weight excluding hydrogens is 310 g/mol. The smallest absolute Gasteiger partial charge is 0.288 e. The van der Waals surface area contributed by atoms with Crippen molar-refractivity contribution in [1.29, 1.82) is 0 Å². The molecule has 9 nitrogen and oxygen atoms in total. The number of aryl methyl sites for hydroxylation is 1. The van der Waals surface area contributed by atoms with Crippen LogP contribution < -0.4 is 15.6 Å². The first-order chi connectivity index (χ1) is 11.7. The summed E-state index contributed by atoms with van der Waals surface area (Å²) in [5.41, 5.74) is 2.51. The van der Waals surface area contributed by atoms with E-state index in [-0.39, 0.29) is 11.6 Å². The van der Waals surface area contributed by atoms with Gasteiger partial charge in [0.05, 0.1) is 12.3 Å². The third kappa shape index (κ3) is 2.13. The molecule has 2 N–H and O–H groups in total. The first kappa shape index (κ1) is 14.4. The van der Waals surface area contributed by atoms with E-state index in [0.29, 0.717) is 23.9 Å². The van der Waals surface area contributed by atoms with E-state index in [2.05, 4.69) is 31.0 Å². The summed E-state index contributed by atoms with van der Waals surface area (Å²) in [6.07, 6.45) is 0. The first-order valence-corrected chi connectivity index (χ1v) is 7.56. The lowest BCUT2D eigenvalue weighted by molar-refractivity contribution is 0.340. The van der Waals surface area contributed by atoms with Crippen LogP contribution in [0.5, 0.6) is 5.75 Å². The largest absolute Gasteiger partial charge is 0.494 e. The number of fused-ring (bicyclic) bond motifs is 2. The number of ether oxygens (including phenoxy) is 1. The van der Waals surface area contributed by atoms with Crippen LogP contribution in [0, 0.1) is 6.92 Å². The van der Waals surface area contributed by atoms with E-state index in [1.807, 2.05) is 38.1 Å². The van der Waals surface area contributed by atoms with E-state index >= 15 is 0 Å². The van der Waals surface area contributed by atoms with Gasteiger partial charge in [0.1, 0.15) is 17.5 Å². The predicted molar refractivity (Wildman–Crippen MR) is 85.5 cm³/mol. The quantitative estimate of drug-likeness (QED) is 0.581. The third-order valence-corrected chi connectivity index (χ3v) is 3.97. The van der Waals surface area contributed by atoms with Gasteiger partial charge >= 0.3 is 0 Å². The maximum Gasteiger partial charge on any atom is 0.288 e. The Hall–Kier alpha value is -3.23. The molecule has 0 unspecified atom stereocenters. The van der Waals surface area contributed by atoms with Crippen molar-refractivity contribution in [3.63, 3.8) is 0 Å². The lowest BCUT2D eigenvalue weighted by Gasteiger charge is -2.27. The van der Waals surface area contributed by atoms with Crippen molar-refractivity contribution in [3.8, 4) is 5.75 Å². The number of benzene rings is 1. The molecule has 1 aliphatic rings. The van der Waals surface area contributed by atoms with E-state index in [4.69, 9.17) is 4.74 Å². The molecule has 0 saturated carbocycles. The Morgan fingerprint density at radius 1 is 1.29 bits per heavy atom. The molecule has 1 atom stereocenters. The second-order valence-electron chi connectivity index (χ2n) is 5.40. The van der Waals surface area contributed by atoms with Crippen LogP contribution >= 0.6 is 0 Å². The van der Waals surface area contributed by atoms with Gasteiger partial charge in [-0.1, -0.05) is 17.2 Å². The van der Waals surface area contributed by atoms with Gasteiger partial charge < -0.3 is 10.1 Å². The molecule has 1 aliphatic heterocycles. The maximum absolute atomic E-state index is 12.2. The van der Waals surface area contributed by atoms with E-state index in [9.17, 15) is 4.79 Å². The van der Waals surface area contributed by atoms with Crippen molar-refractivity contribution >= 4 is 11.6 Å². The molecule has 0 bridgehead atoms. The summed E-state index contributed by atoms with van der Waals surface area (Å²) in [7, 11) is 0. The highest BCUT2D eigenvalue weighted by Crippen LogP contribution is 2.37. The fraction of sp³-hybridized carbons (Fsp3) is 0.267. The molecule has 0 amide bonds. The van der Waals surface area contributed by atoms with E-state index in [1.54, 1.807) is 4.68 Å². The molecule has 0 saturated heterocycles. The molecule has 4 rings (SSSR count). The Labute approximate surface area is 136 Å². The Morgan fingerprint density at radius 2 is 2.08 bits per heavy atom. The fourth-order valence-electron chi connectivity index (χ4n) is 2.92. The summed E-state index contributed by atoms with van der Waals surface area (Å²) in [6, 6.07) is 7.33. The number of H-pyrrole nitrogens is 1. The summed E-state index contributed by atoms with van der Waals surface area (Å²) < 4.78 is 7.13. The highest BCUT2D eigenvalue weighted by molar-refractivity contribution is 5.64. The zero-order chi connectivity index (χ0) is 16.7. The van der Waals surface area contributed by atoms with Crippen LogP contribution in [0.4, 0.5) is 11.6 Å². The van der Waals surface area contributed by atoms with Gasteiger partial charge in [-0.25, -0.2) is 5.10 Å². The van der Waals surface area contributed by atoms with Crippen LogP contribution in [-0.4, -0.2) is 37.0 Å². The van der Waals surface area contributed by atoms with E-state index < -0.39 is 0 Å². The number of hydrogen-bond donors (Lipinski definition) is 2. The minimum absolute atomic E-state index is 0.305. The monoisotopic (exact) mass is 325 g/mol. The number of aromatic nitrogens is 6. The lowest BCUT2D eigenvalue weighted by atomic mass is 9.95. The van der Waals surface area contributed by atoms with Crippen molar-refractivity contribution in [2.75, 3.05) is 11.9 Å². The van der Waals surface area contributed by atoms with Crippen LogP contribution in [0.25, 0.3) is 0 Å². The minimum Gasteiger partial charge on any atom is -0.494 e. The van der Waals surface area contributed by atoms with Gasteiger partial charge in [0.25, 0.3) is 5.56 Å². The number of anilines is 2. The molecule has 3 aromatic rings. The molecule has 1 aromatic carbocycles. The van der Waals surface area contributed by atoms with Crippen LogP contribution in [0.3, 0.4) is 0 Å². The van der Waals surface area contributed by atoms with Crippen molar-refractivity contribution in [2.45, 2.75) is 19.9 Å². The Morgan fingerprint density at radius 3 is 2.83 bits per heavy atom. The molecule has 0 fully saturated rings. The van der Waals surface area contributed by atoms with Gasteiger partial charge in [-0.15, -0.1) is 0 Å². The third-order valence-electron chi connectivity index (χ3n) is 3.97. The number of rotatable bonds is 3. The predicted octanol–water partition coefficient (Wildman–Crippen LogP) is 1.16. The maximum atomic E-state index is 12.2. The van der Waals surface area contributed by atoms with Gasteiger partial charge in [-0.05, 0) is 42.0 Å². The fourth-order valence-corrected chi connectivity index (χ4v) is 2.92. The van der Waals surface area contributed by atoms with Crippen LogP contribution in [0.15, 0.2) is 29.1 Å². The normalized spacial score (nSPS) is 15.3. The summed E-state index contributed by atoms with van der Waals surface area (Å²) in [6.45, 7) is 4.38. The standard InChI is InChI=1S/C15H15N7O2/c1-3-24-10-6-4-9(5-7-10)13-11-8(2)17-18-14(23)12(11)16-15-19-20-21-22(13)15/h4-7,13H,3H2,1-2H3,(H,18,23)(H,16,19,21)/t13-/m1/s1. The summed E-state index contributed by atoms with van der Waals surface area (Å²) in [4.78, 5) is 12.2. The number of nitrogens with one attached hydrogen (secondary N) is 2. The topological polar surface area (TPSA) is 111 Å². The van der Waals surface area contributed by atoms with Gasteiger partial charge in [-0.3, -0.25) is 4.79 Å². The molecule has 0 radical (unpaired) electrons. The first-order valence-electron chi connectivity index (χ1n) is 7.56. The zero-order valence-corrected chi connectivity index (χ0v) is 13.1. The Bertz CT molecular complexity index is 945. The average molecular weight is 325 g/mol. The van der Waals surface area contributed by atoms with E-state index in [1.165, 1.54) is 0 Å². The summed E-state index contributed by atoms with van der Waals surface area (Å²) in [5, 5.41) is 21.3. The van der Waals surface area contributed by atoms with Gasteiger partial charge in [-0.2, -0.15) is 9.78 Å². The molecular formula is C15H15N7O2. The highest BCUT2D eigenvalue weighted by Gasteiger charge is 2.32. The molecule has 9 heteroatoms.